The predicted molar refractivity (Wildman–Crippen MR) is 56.2 cm³/mol. The van der Waals surface area contributed by atoms with E-state index in [4.69, 9.17) is 9.94 Å². The number of aliphatic hydroxyl groups is 1. The lowest BCUT2D eigenvalue weighted by molar-refractivity contribution is -0.0598. The van der Waals surface area contributed by atoms with Crippen molar-refractivity contribution in [2.75, 3.05) is 19.5 Å². The summed E-state index contributed by atoms with van der Waals surface area (Å²) in [7, 11) is 2.92. The molecule has 2 N–H and O–H groups in total. The topological polar surface area (TPSA) is 61.8 Å². The highest BCUT2D eigenvalue weighted by molar-refractivity contribution is 5.88. The molecule has 1 aromatic carbocycles. The third kappa shape index (κ3) is 3.23. The summed E-state index contributed by atoms with van der Waals surface area (Å²) in [6, 6.07) is 6.55. The summed E-state index contributed by atoms with van der Waals surface area (Å²) in [4.78, 5) is 16.0. The molecule has 0 unspecified atom stereocenters. The fourth-order valence-corrected chi connectivity index (χ4v) is 0.979. The molecule has 0 spiro atoms. The molecule has 0 aromatic heterocycles. The van der Waals surface area contributed by atoms with Crippen molar-refractivity contribution in [3.63, 3.8) is 0 Å². The molecule has 1 aromatic rings. The van der Waals surface area contributed by atoms with Crippen molar-refractivity contribution < 1.29 is 14.7 Å². The number of anilines is 1. The molecule has 0 aliphatic rings. The average molecular weight is 210 g/mol. The van der Waals surface area contributed by atoms with Crippen LogP contribution in [0.4, 0.5) is 10.5 Å². The number of benzene rings is 1. The lowest BCUT2D eigenvalue weighted by atomic mass is 10.2. The van der Waals surface area contributed by atoms with Crippen LogP contribution in [0.5, 0.6) is 0 Å². The van der Waals surface area contributed by atoms with E-state index >= 15 is 0 Å². The van der Waals surface area contributed by atoms with Gasteiger partial charge in [-0.05, 0) is 17.7 Å². The molecule has 82 valence electrons. The molecule has 0 saturated carbocycles. The second-order valence-electron chi connectivity index (χ2n) is 2.97. The number of urea groups is 1. The molecule has 0 fully saturated rings. The molecule has 15 heavy (non-hydrogen) atoms. The third-order valence-electron chi connectivity index (χ3n) is 1.95. The molecule has 0 aliphatic heterocycles. The zero-order valence-electron chi connectivity index (χ0n) is 8.73. The van der Waals surface area contributed by atoms with Crippen molar-refractivity contribution in [3.8, 4) is 0 Å². The summed E-state index contributed by atoms with van der Waals surface area (Å²) in [6.07, 6.45) is 0. The summed E-state index contributed by atoms with van der Waals surface area (Å²) in [5.41, 5.74) is 1.45. The lowest BCUT2D eigenvalue weighted by Gasteiger charge is -2.14. The zero-order valence-corrected chi connectivity index (χ0v) is 8.73. The van der Waals surface area contributed by atoms with Crippen LogP contribution in [-0.2, 0) is 11.4 Å². The Balaban J connectivity index is 2.61. The van der Waals surface area contributed by atoms with E-state index in [1.807, 2.05) is 0 Å². The van der Waals surface area contributed by atoms with Crippen LogP contribution >= 0.6 is 0 Å². The van der Waals surface area contributed by atoms with Crippen LogP contribution < -0.4 is 5.32 Å². The van der Waals surface area contributed by atoms with Gasteiger partial charge in [-0.15, -0.1) is 0 Å². The van der Waals surface area contributed by atoms with E-state index in [1.165, 1.54) is 14.2 Å². The number of aliphatic hydroxyl groups excluding tert-OH is 1. The second kappa shape index (κ2) is 5.33. The van der Waals surface area contributed by atoms with Crippen LogP contribution in [-0.4, -0.2) is 30.4 Å². The van der Waals surface area contributed by atoms with Crippen LogP contribution in [0.1, 0.15) is 5.56 Å². The van der Waals surface area contributed by atoms with Gasteiger partial charge in [0.2, 0.25) is 0 Å². The number of nitrogens with one attached hydrogen (secondary N) is 1. The number of hydrogen-bond acceptors (Lipinski definition) is 3. The van der Waals surface area contributed by atoms with Crippen molar-refractivity contribution in [3.05, 3.63) is 29.8 Å². The minimum absolute atomic E-state index is 0.00774. The quantitative estimate of drug-likeness (QED) is 0.737. The fraction of sp³-hybridized carbons (Fsp3) is 0.300. The molecular weight excluding hydrogens is 196 g/mol. The predicted octanol–water partition coefficient (Wildman–Crippen LogP) is 1.20. The molecular formula is C10H14N2O3. The Hall–Kier alpha value is -1.59. The summed E-state index contributed by atoms with van der Waals surface area (Å²) in [5, 5.41) is 12.5. The largest absolute Gasteiger partial charge is 0.392 e. The number of rotatable bonds is 3. The van der Waals surface area contributed by atoms with Gasteiger partial charge in [-0.3, -0.25) is 4.84 Å². The SMILES string of the molecule is CON(C)C(=O)Nc1ccc(CO)cc1. The number of amides is 2. The highest BCUT2D eigenvalue weighted by atomic mass is 16.7. The van der Waals surface area contributed by atoms with Crippen LogP contribution in [0.25, 0.3) is 0 Å². The molecule has 0 radical (unpaired) electrons. The van der Waals surface area contributed by atoms with E-state index in [9.17, 15) is 4.79 Å². The molecule has 0 heterocycles. The van der Waals surface area contributed by atoms with Gasteiger partial charge >= 0.3 is 6.03 Å². The Kier molecular flexibility index (Phi) is 4.08. The van der Waals surface area contributed by atoms with Crippen molar-refractivity contribution >= 4 is 11.7 Å². The number of nitrogens with zero attached hydrogens (tertiary/aromatic N) is 1. The summed E-state index contributed by atoms with van der Waals surface area (Å²) < 4.78 is 0. The first kappa shape index (κ1) is 11.5. The summed E-state index contributed by atoms with van der Waals surface area (Å²) in [6.45, 7) is -0.00774. The van der Waals surface area contributed by atoms with Gasteiger partial charge in [0.05, 0.1) is 13.7 Å². The zero-order chi connectivity index (χ0) is 11.3. The smallest absolute Gasteiger partial charge is 0.345 e. The molecule has 0 aliphatic carbocycles. The van der Waals surface area contributed by atoms with E-state index in [1.54, 1.807) is 24.3 Å². The Morgan fingerprint density at radius 2 is 2.07 bits per heavy atom. The highest BCUT2D eigenvalue weighted by Crippen LogP contribution is 2.09. The van der Waals surface area contributed by atoms with E-state index in [-0.39, 0.29) is 12.6 Å². The van der Waals surface area contributed by atoms with Gasteiger partial charge in [-0.2, -0.15) is 0 Å². The minimum atomic E-state index is -0.353. The molecule has 5 nitrogen and oxygen atoms in total. The molecule has 0 atom stereocenters. The van der Waals surface area contributed by atoms with Crippen molar-refractivity contribution in [2.24, 2.45) is 0 Å². The molecule has 5 heteroatoms. The van der Waals surface area contributed by atoms with Crippen LogP contribution in [0, 0.1) is 0 Å². The van der Waals surface area contributed by atoms with E-state index in [0.717, 1.165) is 10.6 Å². The maximum absolute atomic E-state index is 11.3. The van der Waals surface area contributed by atoms with Gasteiger partial charge in [0.25, 0.3) is 0 Å². The first-order valence-corrected chi connectivity index (χ1v) is 4.46. The van der Waals surface area contributed by atoms with Crippen LogP contribution in [0.3, 0.4) is 0 Å². The maximum Gasteiger partial charge on any atom is 0.345 e. The lowest BCUT2D eigenvalue weighted by Crippen LogP contribution is -2.30. The van der Waals surface area contributed by atoms with E-state index in [0.29, 0.717) is 5.69 Å². The summed E-state index contributed by atoms with van der Waals surface area (Å²) in [5.74, 6) is 0. The number of hydroxylamine groups is 2. The van der Waals surface area contributed by atoms with Gasteiger partial charge in [-0.25, -0.2) is 9.86 Å². The normalized spacial score (nSPS) is 9.80. The standard InChI is InChI=1S/C10H14N2O3/c1-12(15-2)10(14)11-9-5-3-8(7-13)4-6-9/h3-6,13H,7H2,1-2H3,(H,11,14). The first-order valence-electron chi connectivity index (χ1n) is 4.46. The van der Waals surface area contributed by atoms with Gasteiger partial charge < -0.3 is 10.4 Å². The second-order valence-corrected chi connectivity index (χ2v) is 2.97. The first-order chi connectivity index (χ1) is 7.17. The third-order valence-corrected chi connectivity index (χ3v) is 1.95. The molecule has 0 saturated heterocycles. The van der Waals surface area contributed by atoms with Crippen molar-refractivity contribution in [1.29, 1.82) is 0 Å². The number of hydrogen-bond donors (Lipinski definition) is 2. The Labute approximate surface area is 88.2 Å². The fourth-order valence-electron chi connectivity index (χ4n) is 0.979. The highest BCUT2D eigenvalue weighted by Gasteiger charge is 2.06. The minimum Gasteiger partial charge on any atom is -0.392 e. The van der Waals surface area contributed by atoms with Crippen molar-refractivity contribution in [2.45, 2.75) is 6.61 Å². The van der Waals surface area contributed by atoms with Crippen molar-refractivity contribution in [1.82, 2.24) is 5.06 Å². The number of carbonyl (C=O) groups is 1. The number of carbonyl (C=O) groups excluding carboxylic acids is 1. The van der Waals surface area contributed by atoms with E-state index < -0.39 is 0 Å². The monoisotopic (exact) mass is 210 g/mol. The molecule has 0 bridgehead atoms. The molecule has 1 rings (SSSR count). The van der Waals surface area contributed by atoms with Gasteiger partial charge in [0.1, 0.15) is 0 Å². The van der Waals surface area contributed by atoms with Gasteiger partial charge in [-0.1, -0.05) is 12.1 Å². The maximum atomic E-state index is 11.3. The van der Waals surface area contributed by atoms with Gasteiger partial charge in [0, 0.05) is 12.7 Å². The van der Waals surface area contributed by atoms with E-state index in [2.05, 4.69) is 5.32 Å². The van der Waals surface area contributed by atoms with Gasteiger partial charge in [0.15, 0.2) is 0 Å². The average Bonchev–Trinajstić information content (AvgIpc) is 2.29. The Morgan fingerprint density at radius 3 is 2.53 bits per heavy atom. The summed E-state index contributed by atoms with van der Waals surface area (Å²) >= 11 is 0. The molecule has 2 amide bonds. The van der Waals surface area contributed by atoms with Crippen LogP contribution in [0.2, 0.25) is 0 Å². The Morgan fingerprint density at radius 1 is 1.47 bits per heavy atom. The van der Waals surface area contributed by atoms with Crippen LogP contribution in [0.15, 0.2) is 24.3 Å². The Bertz CT molecular complexity index is 324.